The van der Waals surface area contributed by atoms with Crippen LogP contribution in [0.2, 0.25) is 0 Å². The molecule has 1 unspecified atom stereocenters. The number of carbonyl (C=O) groups excluding carboxylic acids is 1. The van der Waals surface area contributed by atoms with Gasteiger partial charge in [-0.15, -0.1) is 11.3 Å². The second-order valence-electron chi connectivity index (χ2n) is 7.57. The van der Waals surface area contributed by atoms with Crippen LogP contribution in [0.5, 0.6) is 0 Å². The van der Waals surface area contributed by atoms with Crippen molar-refractivity contribution in [1.29, 1.82) is 0 Å². The molecule has 0 saturated carbocycles. The lowest BCUT2D eigenvalue weighted by Crippen LogP contribution is -2.38. The smallest absolute Gasteiger partial charge is 0.264 e. The summed E-state index contributed by atoms with van der Waals surface area (Å²) < 4.78 is 20.4. The lowest BCUT2D eigenvalue weighted by atomic mass is 9.98. The maximum Gasteiger partial charge on any atom is 0.264 e. The van der Waals surface area contributed by atoms with E-state index in [1.807, 2.05) is 17.9 Å². The van der Waals surface area contributed by atoms with E-state index in [-0.39, 0.29) is 17.6 Å². The van der Waals surface area contributed by atoms with Crippen LogP contribution in [0.25, 0.3) is 15.9 Å². The topological polar surface area (TPSA) is 77.0 Å². The number of halogens is 1. The number of fused-ring (bicyclic) bond motifs is 1. The summed E-state index contributed by atoms with van der Waals surface area (Å²) in [7, 11) is 0. The summed E-state index contributed by atoms with van der Waals surface area (Å²) in [6, 6.07) is 8.09. The van der Waals surface area contributed by atoms with Gasteiger partial charge in [0.05, 0.1) is 22.2 Å². The highest BCUT2D eigenvalue weighted by molar-refractivity contribution is 7.20. The SMILES string of the molecule is Cc1noc(C2CCCN(C(=O)c3cc4c(C)nn(-c5ccc(F)cc5)c4s3)C2)n1. The average molecular weight is 425 g/mol. The molecule has 0 aliphatic carbocycles. The highest BCUT2D eigenvalue weighted by Gasteiger charge is 2.30. The molecule has 154 valence electrons. The molecule has 0 spiro atoms. The van der Waals surface area contributed by atoms with Gasteiger partial charge in [-0.05, 0) is 57.0 Å². The maximum absolute atomic E-state index is 13.3. The van der Waals surface area contributed by atoms with E-state index in [4.69, 9.17) is 4.52 Å². The Morgan fingerprint density at radius 1 is 1.27 bits per heavy atom. The molecular weight excluding hydrogens is 405 g/mol. The van der Waals surface area contributed by atoms with E-state index in [0.717, 1.165) is 34.4 Å². The van der Waals surface area contributed by atoms with Crippen LogP contribution in [-0.4, -0.2) is 43.8 Å². The number of likely N-dealkylation sites (tertiary alicyclic amines) is 1. The van der Waals surface area contributed by atoms with Crippen molar-refractivity contribution < 1.29 is 13.7 Å². The van der Waals surface area contributed by atoms with E-state index in [0.29, 0.717) is 29.7 Å². The van der Waals surface area contributed by atoms with Crippen LogP contribution >= 0.6 is 11.3 Å². The summed E-state index contributed by atoms with van der Waals surface area (Å²) in [6.07, 6.45) is 1.82. The fraction of sp³-hybridized carbons (Fsp3) is 0.333. The van der Waals surface area contributed by atoms with Crippen molar-refractivity contribution >= 4 is 27.5 Å². The average Bonchev–Trinajstić information content (AvgIpc) is 3.45. The predicted octanol–water partition coefficient (Wildman–Crippen LogP) is 4.25. The number of hydrogen-bond donors (Lipinski definition) is 0. The number of carbonyl (C=O) groups is 1. The van der Waals surface area contributed by atoms with Gasteiger partial charge in [0, 0.05) is 18.5 Å². The van der Waals surface area contributed by atoms with Gasteiger partial charge in [-0.3, -0.25) is 4.79 Å². The van der Waals surface area contributed by atoms with E-state index in [1.54, 1.807) is 23.7 Å². The normalized spacial score (nSPS) is 17.0. The van der Waals surface area contributed by atoms with Crippen molar-refractivity contribution in [1.82, 2.24) is 24.8 Å². The highest BCUT2D eigenvalue weighted by atomic mass is 32.1. The van der Waals surface area contributed by atoms with E-state index in [9.17, 15) is 9.18 Å². The number of nitrogens with zero attached hydrogens (tertiary/aromatic N) is 5. The number of aromatic nitrogens is 4. The fourth-order valence-electron chi connectivity index (χ4n) is 3.91. The first-order chi connectivity index (χ1) is 14.5. The molecule has 1 amide bonds. The van der Waals surface area contributed by atoms with Crippen molar-refractivity contribution in [3.8, 4) is 5.69 Å². The summed E-state index contributed by atoms with van der Waals surface area (Å²) in [5.74, 6) is 0.983. The molecule has 9 heteroatoms. The molecule has 1 aliphatic rings. The van der Waals surface area contributed by atoms with E-state index in [1.165, 1.54) is 23.5 Å². The number of rotatable bonds is 3. The van der Waals surface area contributed by atoms with Crippen LogP contribution in [0.3, 0.4) is 0 Å². The number of aryl methyl sites for hydroxylation is 2. The van der Waals surface area contributed by atoms with Gasteiger partial charge in [0.1, 0.15) is 10.6 Å². The number of piperidine rings is 1. The van der Waals surface area contributed by atoms with Crippen molar-refractivity contribution in [2.45, 2.75) is 32.6 Å². The molecule has 1 fully saturated rings. The van der Waals surface area contributed by atoms with Crippen molar-refractivity contribution in [2.75, 3.05) is 13.1 Å². The zero-order chi connectivity index (χ0) is 20.8. The third kappa shape index (κ3) is 3.28. The molecular formula is C21H20FN5O2S. The van der Waals surface area contributed by atoms with E-state index >= 15 is 0 Å². The first-order valence-corrected chi connectivity index (χ1v) is 10.7. The van der Waals surface area contributed by atoms with Gasteiger partial charge >= 0.3 is 0 Å². The molecule has 3 aromatic heterocycles. The first-order valence-electron chi connectivity index (χ1n) is 9.84. The lowest BCUT2D eigenvalue weighted by molar-refractivity contribution is 0.0700. The minimum Gasteiger partial charge on any atom is -0.339 e. The largest absolute Gasteiger partial charge is 0.339 e. The Morgan fingerprint density at radius 3 is 2.80 bits per heavy atom. The molecule has 4 aromatic rings. The molecule has 0 bridgehead atoms. The van der Waals surface area contributed by atoms with Crippen LogP contribution in [0.1, 0.15) is 45.8 Å². The van der Waals surface area contributed by atoms with Gasteiger partial charge in [0.15, 0.2) is 5.82 Å². The van der Waals surface area contributed by atoms with Crippen LogP contribution in [0, 0.1) is 19.7 Å². The second-order valence-corrected chi connectivity index (χ2v) is 8.60. The Morgan fingerprint density at radius 2 is 2.07 bits per heavy atom. The number of benzene rings is 1. The summed E-state index contributed by atoms with van der Waals surface area (Å²) in [5, 5.41) is 9.38. The Kier molecular flexibility index (Phi) is 4.62. The number of thiophene rings is 1. The molecule has 0 N–H and O–H groups in total. The lowest BCUT2D eigenvalue weighted by Gasteiger charge is -2.30. The Bertz CT molecular complexity index is 1230. The van der Waals surface area contributed by atoms with Gasteiger partial charge in [0.25, 0.3) is 5.91 Å². The van der Waals surface area contributed by atoms with Gasteiger partial charge < -0.3 is 9.42 Å². The minimum atomic E-state index is -0.294. The first kappa shape index (κ1) is 18.9. The molecule has 5 rings (SSSR count). The molecule has 7 nitrogen and oxygen atoms in total. The van der Waals surface area contributed by atoms with Gasteiger partial charge in [-0.2, -0.15) is 10.1 Å². The summed E-state index contributed by atoms with van der Waals surface area (Å²) in [6.45, 7) is 4.98. The molecule has 1 atom stereocenters. The molecule has 1 aromatic carbocycles. The third-order valence-electron chi connectivity index (χ3n) is 5.43. The molecule has 0 radical (unpaired) electrons. The molecule has 1 aliphatic heterocycles. The van der Waals surface area contributed by atoms with Crippen molar-refractivity contribution in [2.24, 2.45) is 0 Å². The molecule has 4 heterocycles. The Labute approximate surface area is 176 Å². The van der Waals surface area contributed by atoms with Gasteiger partial charge in [-0.1, -0.05) is 5.16 Å². The molecule has 1 saturated heterocycles. The summed E-state index contributed by atoms with van der Waals surface area (Å²) in [5.41, 5.74) is 1.60. The standard InChI is InChI=1S/C21H20FN5O2S/c1-12-17-10-18(30-21(17)27(24-12)16-7-5-15(22)6-8-16)20(28)26-9-3-4-14(11-26)19-23-13(2)25-29-19/h5-8,10,14H,3-4,9,11H2,1-2H3. The summed E-state index contributed by atoms with van der Waals surface area (Å²) in [4.78, 5) is 21.0. The quantitative estimate of drug-likeness (QED) is 0.491. The zero-order valence-corrected chi connectivity index (χ0v) is 17.4. The Hall–Kier alpha value is -3.07. The van der Waals surface area contributed by atoms with Gasteiger partial charge in [-0.25, -0.2) is 9.07 Å². The van der Waals surface area contributed by atoms with E-state index in [2.05, 4.69) is 15.2 Å². The zero-order valence-electron chi connectivity index (χ0n) is 16.6. The molecule has 30 heavy (non-hydrogen) atoms. The van der Waals surface area contributed by atoms with Crippen molar-refractivity contribution in [3.63, 3.8) is 0 Å². The van der Waals surface area contributed by atoms with Crippen LogP contribution in [-0.2, 0) is 0 Å². The monoisotopic (exact) mass is 425 g/mol. The van der Waals surface area contributed by atoms with E-state index < -0.39 is 0 Å². The third-order valence-corrected chi connectivity index (χ3v) is 6.53. The van der Waals surface area contributed by atoms with Gasteiger partial charge in [0.2, 0.25) is 5.89 Å². The highest BCUT2D eigenvalue weighted by Crippen LogP contribution is 2.33. The number of hydrogen-bond acceptors (Lipinski definition) is 6. The van der Waals surface area contributed by atoms with Crippen LogP contribution < -0.4 is 0 Å². The Balaban J connectivity index is 1.43. The maximum atomic E-state index is 13.3. The minimum absolute atomic E-state index is 0.00203. The number of amides is 1. The predicted molar refractivity (Wildman–Crippen MR) is 111 cm³/mol. The van der Waals surface area contributed by atoms with Crippen LogP contribution in [0.15, 0.2) is 34.9 Å². The van der Waals surface area contributed by atoms with Crippen molar-refractivity contribution in [3.05, 3.63) is 58.4 Å². The fourth-order valence-corrected chi connectivity index (χ4v) is 5.06. The van der Waals surface area contributed by atoms with Crippen LogP contribution in [0.4, 0.5) is 4.39 Å². The summed E-state index contributed by atoms with van der Waals surface area (Å²) >= 11 is 1.41. The second kappa shape index (κ2) is 7.32.